The molecule has 3 rings (SSSR count). The van der Waals surface area contributed by atoms with E-state index in [1.54, 1.807) is 0 Å². The second-order valence-electron chi connectivity index (χ2n) is 5.29. The number of nitrogen functional groups attached to an aromatic ring is 1. The van der Waals surface area contributed by atoms with Crippen LogP contribution in [0.2, 0.25) is 0 Å². The first-order valence-corrected chi connectivity index (χ1v) is 6.88. The van der Waals surface area contributed by atoms with Crippen molar-refractivity contribution in [3.05, 3.63) is 63.5 Å². The number of phenols is 1. The summed E-state index contributed by atoms with van der Waals surface area (Å²) in [6, 6.07) is 1.64. The van der Waals surface area contributed by atoms with Gasteiger partial charge in [0.25, 0.3) is 0 Å². The summed E-state index contributed by atoms with van der Waals surface area (Å²) < 4.78 is 55.6. The molecule has 0 radical (unpaired) electrons. The summed E-state index contributed by atoms with van der Waals surface area (Å²) in [4.78, 5) is 23.5. The molecule has 3 aromatic rings. The number of nitrogens with two attached hydrogens (primary N) is 1. The zero-order valence-corrected chi connectivity index (χ0v) is 12.6. The lowest BCUT2D eigenvalue weighted by Gasteiger charge is -2.15. The van der Waals surface area contributed by atoms with Gasteiger partial charge >= 0.3 is 5.97 Å². The second-order valence-corrected chi connectivity index (χ2v) is 5.29. The van der Waals surface area contributed by atoms with Crippen molar-refractivity contribution in [1.82, 2.24) is 4.57 Å². The van der Waals surface area contributed by atoms with Gasteiger partial charge in [-0.2, -0.15) is 4.39 Å². The van der Waals surface area contributed by atoms with Crippen molar-refractivity contribution in [1.29, 1.82) is 0 Å². The Morgan fingerprint density at radius 3 is 2.31 bits per heavy atom. The molecule has 0 fully saturated rings. The number of aromatic nitrogens is 1. The Kier molecular flexibility index (Phi) is 3.82. The molecule has 1 heterocycles. The van der Waals surface area contributed by atoms with Crippen LogP contribution in [0.1, 0.15) is 10.4 Å². The minimum atomic E-state index is -1.78. The number of carboxylic acid groups (broad SMARTS) is 1. The molecule has 0 aliphatic carbocycles. The van der Waals surface area contributed by atoms with Crippen LogP contribution in [-0.4, -0.2) is 20.7 Å². The van der Waals surface area contributed by atoms with E-state index in [0.717, 1.165) is 6.07 Å². The Hall–Kier alpha value is -3.56. The van der Waals surface area contributed by atoms with Crippen molar-refractivity contribution in [3.63, 3.8) is 0 Å². The topological polar surface area (TPSA) is 106 Å². The fraction of sp³-hybridized carbons (Fsp3) is 0. The summed E-state index contributed by atoms with van der Waals surface area (Å²) in [5, 5.41) is 18.0. The number of fused-ring (bicyclic) bond motifs is 1. The minimum Gasteiger partial charge on any atom is -0.504 e. The van der Waals surface area contributed by atoms with Crippen LogP contribution in [0.3, 0.4) is 0 Å². The fourth-order valence-electron chi connectivity index (χ4n) is 2.50. The molecule has 6 nitrogen and oxygen atoms in total. The number of hydrogen-bond donors (Lipinski definition) is 3. The standard InChI is InChI=1S/C16H8F4N2O4/c17-6-1-7(18)10(3-9(6)21)22-4-5(16(25)26)14(23)12-11(22)2-8(19)13(20)15(12)24/h1-4,24H,21H2,(H,25,26). The highest BCUT2D eigenvalue weighted by molar-refractivity contribution is 5.95. The van der Waals surface area contributed by atoms with Gasteiger partial charge in [0.1, 0.15) is 17.2 Å². The monoisotopic (exact) mass is 368 g/mol. The summed E-state index contributed by atoms with van der Waals surface area (Å²) in [7, 11) is 0. The zero-order chi connectivity index (χ0) is 19.3. The number of nitrogens with zero attached hydrogens (tertiary/aromatic N) is 1. The van der Waals surface area contributed by atoms with Crippen LogP contribution in [0.15, 0.2) is 29.2 Å². The molecule has 26 heavy (non-hydrogen) atoms. The van der Waals surface area contributed by atoms with E-state index < -0.39 is 68.3 Å². The van der Waals surface area contributed by atoms with E-state index in [9.17, 15) is 32.3 Å². The van der Waals surface area contributed by atoms with Gasteiger partial charge in [-0.05, 0) is 6.07 Å². The second kappa shape index (κ2) is 5.76. The first kappa shape index (κ1) is 17.3. The summed E-state index contributed by atoms with van der Waals surface area (Å²) in [6.45, 7) is 0. The average Bonchev–Trinajstić information content (AvgIpc) is 2.56. The van der Waals surface area contributed by atoms with Crippen molar-refractivity contribution in [2.24, 2.45) is 0 Å². The van der Waals surface area contributed by atoms with E-state index in [2.05, 4.69) is 0 Å². The molecule has 0 atom stereocenters. The van der Waals surface area contributed by atoms with Gasteiger partial charge in [0.2, 0.25) is 11.2 Å². The minimum absolute atomic E-state index is 0.398. The van der Waals surface area contributed by atoms with Crippen LogP contribution in [0.4, 0.5) is 23.2 Å². The molecule has 0 saturated carbocycles. The van der Waals surface area contributed by atoms with E-state index in [0.29, 0.717) is 22.9 Å². The molecule has 0 aliphatic rings. The molecule has 10 heteroatoms. The lowest BCUT2D eigenvalue weighted by atomic mass is 10.1. The quantitative estimate of drug-likeness (QED) is 0.476. The molecule has 0 bridgehead atoms. The van der Waals surface area contributed by atoms with E-state index in [1.165, 1.54) is 0 Å². The van der Waals surface area contributed by atoms with Crippen molar-refractivity contribution in [3.8, 4) is 11.4 Å². The molecule has 0 saturated heterocycles. The highest BCUT2D eigenvalue weighted by Gasteiger charge is 2.23. The van der Waals surface area contributed by atoms with Crippen LogP contribution in [-0.2, 0) is 0 Å². The summed E-state index contributed by atoms with van der Waals surface area (Å²) in [6.07, 6.45) is 0.638. The van der Waals surface area contributed by atoms with Crippen LogP contribution < -0.4 is 11.2 Å². The van der Waals surface area contributed by atoms with Crippen LogP contribution in [0.25, 0.3) is 16.6 Å². The first-order chi connectivity index (χ1) is 12.1. The van der Waals surface area contributed by atoms with Gasteiger partial charge < -0.3 is 20.5 Å². The third-order valence-corrected chi connectivity index (χ3v) is 3.72. The molecule has 4 N–H and O–H groups in total. The number of aromatic hydroxyl groups is 1. The van der Waals surface area contributed by atoms with E-state index >= 15 is 0 Å². The normalized spacial score (nSPS) is 11.1. The Morgan fingerprint density at radius 2 is 1.69 bits per heavy atom. The number of hydrogen-bond acceptors (Lipinski definition) is 4. The van der Waals surface area contributed by atoms with Gasteiger partial charge in [-0.15, -0.1) is 0 Å². The number of rotatable bonds is 2. The van der Waals surface area contributed by atoms with Gasteiger partial charge in [-0.1, -0.05) is 0 Å². The van der Waals surface area contributed by atoms with E-state index in [4.69, 9.17) is 10.8 Å². The fourth-order valence-corrected chi connectivity index (χ4v) is 2.50. The largest absolute Gasteiger partial charge is 0.504 e. The van der Waals surface area contributed by atoms with Crippen molar-refractivity contribution in [2.45, 2.75) is 0 Å². The zero-order valence-electron chi connectivity index (χ0n) is 12.6. The summed E-state index contributed by atoms with van der Waals surface area (Å²) in [5.41, 5.74) is 1.50. The molecular formula is C16H8F4N2O4. The maximum atomic E-state index is 14.2. The van der Waals surface area contributed by atoms with Crippen LogP contribution >= 0.6 is 0 Å². The molecule has 0 aliphatic heterocycles. The lowest BCUT2D eigenvalue weighted by molar-refractivity contribution is 0.0695. The summed E-state index contributed by atoms with van der Waals surface area (Å²) >= 11 is 0. The Morgan fingerprint density at radius 1 is 1.04 bits per heavy atom. The van der Waals surface area contributed by atoms with Crippen LogP contribution in [0, 0.1) is 23.3 Å². The third kappa shape index (κ3) is 2.42. The van der Waals surface area contributed by atoms with E-state index in [1.807, 2.05) is 0 Å². The van der Waals surface area contributed by atoms with Gasteiger partial charge in [0, 0.05) is 18.3 Å². The smallest absolute Gasteiger partial charge is 0.341 e. The van der Waals surface area contributed by atoms with Gasteiger partial charge in [0.15, 0.2) is 11.6 Å². The molecule has 0 unspecified atom stereocenters. The number of carboxylic acids is 1. The number of benzene rings is 2. The number of aromatic carboxylic acids is 1. The van der Waals surface area contributed by atoms with Gasteiger partial charge in [-0.25, -0.2) is 18.0 Å². The van der Waals surface area contributed by atoms with Gasteiger partial charge in [0.05, 0.1) is 22.3 Å². The van der Waals surface area contributed by atoms with Gasteiger partial charge in [-0.3, -0.25) is 4.79 Å². The lowest BCUT2D eigenvalue weighted by Crippen LogP contribution is -2.19. The maximum absolute atomic E-state index is 14.2. The first-order valence-electron chi connectivity index (χ1n) is 6.88. The van der Waals surface area contributed by atoms with Crippen LogP contribution in [0.5, 0.6) is 5.75 Å². The highest BCUT2D eigenvalue weighted by Crippen LogP contribution is 2.31. The van der Waals surface area contributed by atoms with Crippen molar-refractivity contribution < 1.29 is 32.6 Å². The third-order valence-electron chi connectivity index (χ3n) is 3.72. The number of pyridine rings is 1. The number of halogens is 4. The maximum Gasteiger partial charge on any atom is 0.341 e. The average molecular weight is 368 g/mol. The summed E-state index contributed by atoms with van der Waals surface area (Å²) in [5.74, 6) is -8.86. The molecule has 0 amide bonds. The molecular weight excluding hydrogens is 360 g/mol. The molecule has 2 aromatic carbocycles. The predicted molar refractivity (Wildman–Crippen MR) is 82.4 cm³/mol. The highest BCUT2D eigenvalue weighted by atomic mass is 19.2. The van der Waals surface area contributed by atoms with Crippen molar-refractivity contribution in [2.75, 3.05) is 5.73 Å². The van der Waals surface area contributed by atoms with E-state index in [-0.39, 0.29) is 0 Å². The molecule has 134 valence electrons. The number of anilines is 1. The van der Waals surface area contributed by atoms with Crippen molar-refractivity contribution >= 4 is 22.6 Å². The predicted octanol–water partition coefficient (Wildman–Crippen LogP) is 2.53. The Bertz CT molecular complexity index is 1160. The SMILES string of the molecule is Nc1cc(-n2cc(C(=O)O)c(=O)c3c(O)c(F)c(F)cc32)c(F)cc1F. The molecule has 0 spiro atoms. The molecule has 1 aromatic heterocycles. The number of carbonyl (C=O) groups is 1. The Labute approximate surface area is 141 Å². The number of phenolic OH excluding ortho intramolecular Hbond substituents is 1. The Balaban J connectivity index is 2.58.